The minimum atomic E-state index is -0.0614. The topological polar surface area (TPSA) is 75.9 Å². The number of carbonyl (C=O) groups excluding carboxylic acids is 1. The number of amides is 1. The standard InChI is InChI=1S/C23H28N6O/c1-2-3-5-18-7-9-20(10-8-18)25-23(30)19-6-4-14-28(16-19)21-11-12-22(27-26-21)29-15-13-24-17-29/h7-13,15,17,19H,2-6,14,16H2,1H3,(H,25,30). The fourth-order valence-corrected chi connectivity index (χ4v) is 3.80. The number of aryl methyl sites for hydroxylation is 1. The van der Waals surface area contributed by atoms with Crippen LogP contribution in [-0.4, -0.2) is 38.7 Å². The fourth-order valence-electron chi connectivity index (χ4n) is 3.80. The third kappa shape index (κ3) is 4.84. The van der Waals surface area contributed by atoms with Gasteiger partial charge < -0.3 is 10.2 Å². The van der Waals surface area contributed by atoms with Crippen molar-refractivity contribution in [3.63, 3.8) is 0 Å². The molecule has 1 aliphatic rings. The van der Waals surface area contributed by atoms with E-state index in [1.54, 1.807) is 12.5 Å². The van der Waals surface area contributed by atoms with Crippen LogP contribution < -0.4 is 10.2 Å². The van der Waals surface area contributed by atoms with Crippen LogP contribution in [0.4, 0.5) is 11.5 Å². The summed E-state index contributed by atoms with van der Waals surface area (Å²) in [6, 6.07) is 12.1. The normalized spacial score (nSPS) is 16.4. The monoisotopic (exact) mass is 404 g/mol. The Labute approximate surface area is 177 Å². The zero-order valence-corrected chi connectivity index (χ0v) is 17.4. The number of nitrogens with zero attached hydrogens (tertiary/aromatic N) is 5. The van der Waals surface area contributed by atoms with Gasteiger partial charge in [0.1, 0.15) is 6.33 Å². The molecule has 1 amide bonds. The molecule has 0 spiro atoms. The molecule has 1 unspecified atom stereocenters. The number of nitrogens with one attached hydrogen (secondary N) is 1. The zero-order valence-electron chi connectivity index (χ0n) is 17.4. The van der Waals surface area contributed by atoms with Gasteiger partial charge in [-0.3, -0.25) is 9.36 Å². The molecule has 1 saturated heterocycles. The molecule has 0 saturated carbocycles. The Kier molecular flexibility index (Phi) is 6.37. The number of unbranched alkanes of at least 4 members (excludes halogenated alkanes) is 1. The van der Waals surface area contributed by atoms with E-state index in [1.807, 2.05) is 35.0 Å². The Morgan fingerprint density at radius 1 is 1.13 bits per heavy atom. The molecule has 3 aromatic rings. The van der Waals surface area contributed by atoms with Gasteiger partial charge >= 0.3 is 0 Å². The molecule has 4 rings (SSSR count). The van der Waals surface area contributed by atoms with E-state index < -0.39 is 0 Å². The van der Waals surface area contributed by atoms with Crippen molar-refractivity contribution in [3.05, 3.63) is 60.7 Å². The van der Waals surface area contributed by atoms with Crippen LogP contribution in [0.1, 0.15) is 38.2 Å². The maximum atomic E-state index is 12.8. The zero-order chi connectivity index (χ0) is 20.8. The lowest BCUT2D eigenvalue weighted by molar-refractivity contribution is -0.120. The summed E-state index contributed by atoms with van der Waals surface area (Å²) in [4.78, 5) is 19.0. The summed E-state index contributed by atoms with van der Waals surface area (Å²) >= 11 is 0. The van der Waals surface area contributed by atoms with Crippen molar-refractivity contribution in [3.8, 4) is 5.82 Å². The van der Waals surface area contributed by atoms with Gasteiger partial charge in [0, 0.05) is 31.2 Å². The van der Waals surface area contributed by atoms with Gasteiger partial charge in [-0.2, -0.15) is 0 Å². The van der Waals surface area contributed by atoms with E-state index in [9.17, 15) is 4.79 Å². The Morgan fingerprint density at radius 3 is 2.63 bits per heavy atom. The second-order valence-electron chi connectivity index (χ2n) is 7.79. The second-order valence-corrected chi connectivity index (χ2v) is 7.79. The van der Waals surface area contributed by atoms with Crippen molar-refractivity contribution in [1.82, 2.24) is 19.7 Å². The molecule has 30 heavy (non-hydrogen) atoms. The van der Waals surface area contributed by atoms with Crippen LogP contribution in [0.15, 0.2) is 55.1 Å². The highest BCUT2D eigenvalue weighted by Crippen LogP contribution is 2.23. The Morgan fingerprint density at radius 2 is 1.93 bits per heavy atom. The van der Waals surface area contributed by atoms with Crippen LogP contribution in [0.5, 0.6) is 0 Å². The highest BCUT2D eigenvalue weighted by Gasteiger charge is 2.26. The van der Waals surface area contributed by atoms with Gasteiger partial charge in [0.25, 0.3) is 0 Å². The molecule has 7 heteroatoms. The molecule has 1 aliphatic heterocycles. The molecule has 0 radical (unpaired) electrons. The van der Waals surface area contributed by atoms with Gasteiger partial charge in [-0.25, -0.2) is 4.98 Å². The molecular formula is C23H28N6O. The van der Waals surface area contributed by atoms with E-state index >= 15 is 0 Å². The summed E-state index contributed by atoms with van der Waals surface area (Å²) in [5, 5.41) is 11.7. The molecule has 7 nitrogen and oxygen atoms in total. The quantitative estimate of drug-likeness (QED) is 0.647. The number of imidazole rings is 1. The van der Waals surface area contributed by atoms with Crippen molar-refractivity contribution >= 4 is 17.4 Å². The molecule has 2 aromatic heterocycles. The molecular weight excluding hydrogens is 376 g/mol. The summed E-state index contributed by atoms with van der Waals surface area (Å²) in [5.41, 5.74) is 2.18. The van der Waals surface area contributed by atoms with Gasteiger partial charge in [-0.15, -0.1) is 10.2 Å². The lowest BCUT2D eigenvalue weighted by Crippen LogP contribution is -2.41. The highest BCUT2D eigenvalue weighted by molar-refractivity contribution is 5.93. The lowest BCUT2D eigenvalue weighted by Gasteiger charge is -2.32. The molecule has 1 fully saturated rings. The van der Waals surface area contributed by atoms with E-state index in [-0.39, 0.29) is 11.8 Å². The molecule has 156 valence electrons. The number of benzene rings is 1. The maximum absolute atomic E-state index is 12.8. The van der Waals surface area contributed by atoms with E-state index in [0.717, 1.165) is 43.1 Å². The van der Waals surface area contributed by atoms with Gasteiger partial charge in [0.05, 0.1) is 5.92 Å². The number of rotatable bonds is 7. The number of aromatic nitrogens is 4. The summed E-state index contributed by atoms with van der Waals surface area (Å²) in [6.07, 6.45) is 10.5. The van der Waals surface area contributed by atoms with Gasteiger partial charge in [0.2, 0.25) is 5.91 Å². The second kappa shape index (κ2) is 9.52. The van der Waals surface area contributed by atoms with Crippen molar-refractivity contribution < 1.29 is 4.79 Å². The average molecular weight is 405 g/mol. The Balaban J connectivity index is 1.35. The summed E-state index contributed by atoms with van der Waals surface area (Å²) in [7, 11) is 0. The van der Waals surface area contributed by atoms with Crippen LogP contribution in [0, 0.1) is 5.92 Å². The largest absolute Gasteiger partial charge is 0.354 e. The molecule has 1 atom stereocenters. The number of carbonyl (C=O) groups is 1. The van der Waals surface area contributed by atoms with Crippen molar-refractivity contribution in [2.45, 2.75) is 39.0 Å². The number of piperidine rings is 1. The van der Waals surface area contributed by atoms with Crippen LogP contribution in [0.25, 0.3) is 5.82 Å². The van der Waals surface area contributed by atoms with Gasteiger partial charge in [-0.1, -0.05) is 25.5 Å². The first-order chi connectivity index (χ1) is 14.7. The number of anilines is 2. The molecule has 1 N–H and O–H groups in total. The molecule has 0 aliphatic carbocycles. The number of hydrogen-bond donors (Lipinski definition) is 1. The first-order valence-electron chi connectivity index (χ1n) is 10.7. The first-order valence-corrected chi connectivity index (χ1v) is 10.7. The maximum Gasteiger partial charge on any atom is 0.229 e. The third-order valence-corrected chi connectivity index (χ3v) is 5.56. The lowest BCUT2D eigenvalue weighted by atomic mass is 9.97. The summed E-state index contributed by atoms with van der Waals surface area (Å²) < 4.78 is 1.82. The van der Waals surface area contributed by atoms with Crippen molar-refractivity contribution in [1.29, 1.82) is 0 Å². The van der Waals surface area contributed by atoms with Crippen LogP contribution in [0.2, 0.25) is 0 Å². The van der Waals surface area contributed by atoms with Crippen LogP contribution in [-0.2, 0) is 11.2 Å². The summed E-state index contributed by atoms with van der Waals surface area (Å²) in [6.45, 7) is 3.73. The van der Waals surface area contributed by atoms with Crippen LogP contribution in [0.3, 0.4) is 0 Å². The number of hydrogen-bond acceptors (Lipinski definition) is 5. The highest BCUT2D eigenvalue weighted by atomic mass is 16.1. The smallest absolute Gasteiger partial charge is 0.229 e. The van der Waals surface area contributed by atoms with Crippen LogP contribution >= 0.6 is 0 Å². The third-order valence-electron chi connectivity index (χ3n) is 5.56. The van der Waals surface area contributed by atoms with E-state index in [1.165, 1.54) is 18.4 Å². The predicted molar refractivity (Wildman–Crippen MR) is 118 cm³/mol. The van der Waals surface area contributed by atoms with Gasteiger partial charge in [-0.05, 0) is 55.5 Å². The Bertz CT molecular complexity index is 937. The average Bonchev–Trinajstić information content (AvgIpc) is 3.34. The van der Waals surface area contributed by atoms with Crippen molar-refractivity contribution in [2.75, 3.05) is 23.3 Å². The SMILES string of the molecule is CCCCc1ccc(NC(=O)C2CCCN(c3ccc(-n4ccnc4)nn3)C2)cc1. The van der Waals surface area contributed by atoms with Gasteiger partial charge in [0.15, 0.2) is 11.6 Å². The molecule has 1 aromatic carbocycles. The minimum Gasteiger partial charge on any atom is -0.354 e. The predicted octanol–water partition coefficient (Wildman–Crippen LogP) is 3.86. The van der Waals surface area contributed by atoms with Crippen molar-refractivity contribution in [2.24, 2.45) is 5.92 Å². The fraction of sp³-hybridized carbons (Fsp3) is 0.391. The summed E-state index contributed by atoms with van der Waals surface area (Å²) in [5.74, 6) is 1.54. The minimum absolute atomic E-state index is 0.0614. The Hall–Kier alpha value is -3.22. The van der Waals surface area contributed by atoms with E-state index in [4.69, 9.17) is 0 Å². The molecule has 3 heterocycles. The first kappa shape index (κ1) is 20.1. The van der Waals surface area contributed by atoms with E-state index in [0.29, 0.717) is 6.54 Å². The molecule has 0 bridgehead atoms. The van der Waals surface area contributed by atoms with E-state index in [2.05, 4.69) is 44.5 Å².